The normalized spacial score (nSPS) is 17.9. The highest BCUT2D eigenvalue weighted by Gasteiger charge is 2.41. The Bertz CT molecular complexity index is 280. The Morgan fingerprint density at radius 2 is 2.40 bits per heavy atom. The van der Waals surface area contributed by atoms with E-state index in [9.17, 15) is 0 Å². The van der Waals surface area contributed by atoms with Gasteiger partial charge in [-0.05, 0) is 36.1 Å². The molecule has 1 aromatic heterocycles. The van der Waals surface area contributed by atoms with E-state index >= 15 is 0 Å². The molecule has 0 unspecified atom stereocenters. The summed E-state index contributed by atoms with van der Waals surface area (Å²) in [5, 5.41) is 5.69. The second-order valence-electron chi connectivity index (χ2n) is 4.43. The van der Waals surface area contributed by atoms with E-state index in [1.165, 1.54) is 24.1 Å². The van der Waals surface area contributed by atoms with Crippen molar-refractivity contribution in [2.24, 2.45) is 5.41 Å². The van der Waals surface area contributed by atoms with Crippen molar-refractivity contribution < 1.29 is 4.74 Å². The lowest BCUT2D eigenvalue weighted by atomic mass is 10.0. The van der Waals surface area contributed by atoms with Crippen LogP contribution in [-0.4, -0.2) is 20.3 Å². The lowest BCUT2D eigenvalue weighted by molar-refractivity contribution is 0.171. The van der Waals surface area contributed by atoms with Gasteiger partial charge in [0.05, 0.1) is 0 Å². The number of nitrogens with one attached hydrogen (secondary N) is 1. The summed E-state index contributed by atoms with van der Waals surface area (Å²) in [7, 11) is 1.79. The van der Waals surface area contributed by atoms with Crippen molar-refractivity contribution in [2.75, 3.05) is 20.3 Å². The molecular formula is C12H19NOS. The van der Waals surface area contributed by atoms with Crippen LogP contribution in [0.5, 0.6) is 0 Å². The first-order valence-corrected chi connectivity index (χ1v) is 6.45. The van der Waals surface area contributed by atoms with E-state index in [1.54, 1.807) is 7.11 Å². The number of methoxy groups -OCH3 is 1. The number of hydrogen-bond donors (Lipinski definition) is 1. The highest BCUT2D eigenvalue weighted by molar-refractivity contribution is 7.09. The molecule has 0 bridgehead atoms. The standard InChI is InChI=1S/C12H19NOS/c1-14-7-6-12(4-5-12)10-13-9-11-3-2-8-15-11/h2-3,8,13H,4-7,9-10H2,1H3. The van der Waals surface area contributed by atoms with Gasteiger partial charge < -0.3 is 10.1 Å². The number of rotatable bonds is 7. The highest BCUT2D eigenvalue weighted by Crippen LogP contribution is 2.48. The summed E-state index contributed by atoms with van der Waals surface area (Å²) >= 11 is 1.82. The Morgan fingerprint density at radius 1 is 1.53 bits per heavy atom. The van der Waals surface area contributed by atoms with Crippen LogP contribution >= 0.6 is 11.3 Å². The van der Waals surface area contributed by atoms with Crippen LogP contribution in [0.4, 0.5) is 0 Å². The van der Waals surface area contributed by atoms with E-state index in [0.29, 0.717) is 5.41 Å². The zero-order chi connectivity index (χ0) is 10.6. The van der Waals surface area contributed by atoms with Crippen molar-refractivity contribution in [3.8, 4) is 0 Å². The summed E-state index contributed by atoms with van der Waals surface area (Å²) in [5.41, 5.74) is 0.563. The third-order valence-electron chi connectivity index (χ3n) is 3.17. The Morgan fingerprint density at radius 3 is 3.00 bits per heavy atom. The van der Waals surface area contributed by atoms with Crippen LogP contribution in [-0.2, 0) is 11.3 Å². The largest absolute Gasteiger partial charge is 0.385 e. The van der Waals surface area contributed by atoms with Gasteiger partial charge in [0.1, 0.15) is 0 Å². The van der Waals surface area contributed by atoms with Crippen LogP contribution in [0.3, 0.4) is 0 Å². The van der Waals surface area contributed by atoms with Crippen molar-refractivity contribution >= 4 is 11.3 Å². The van der Waals surface area contributed by atoms with Gasteiger partial charge in [-0.1, -0.05) is 6.07 Å². The summed E-state index contributed by atoms with van der Waals surface area (Å²) in [5.74, 6) is 0. The summed E-state index contributed by atoms with van der Waals surface area (Å²) in [6, 6.07) is 4.30. The summed E-state index contributed by atoms with van der Waals surface area (Å²) in [4.78, 5) is 1.43. The average molecular weight is 225 g/mol. The Labute approximate surface area is 95.6 Å². The fourth-order valence-corrected chi connectivity index (χ4v) is 2.55. The molecule has 1 aliphatic carbocycles. The first-order valence-electron chi connectivity index (χ1n) is 5.57. The predicted octanol–water partition coefficient (Wildman–Crippen LogP) is 2.65. The molecule has 0 atom stereocenters. The molecule has 2 nitrogen and oxygen atoms in total. The first kappa shape index (κ1) is 11.1. The molecule has 0 amide bonds. The second-order valence-corrected chi connectivity index (χ2v) is 5.46. The summed E-state index contributed by atoms with van der Waals surface area (Å²) < 4.78 is 5.14. The van der Waals surface area contributed by atoms with Crippen molar-refractivity contribution in [2.45, 2.75) is 25.8 Å². The van der Waals surface area contributed by atoms with Gasteiger partial charge in [0.25, 0.3) is 0 Å². The molecule has 1 N–H and O–H groups in total. The van der Waals surface area contributed by atoms with Crippen molar-refractivity contribution in [1.29, 1.82) is 0 Å². The Kier molecular flexibility index (Phi) is 3.78. The Balaban J connectivity index is 1.65. The van der Waals surface area contributed by atoms with Gasteiger partial charge >= 0.3 is 0 Å². The van der Waals surface area contributed by atoms with E-state index in [0.717, 1.165) is 19.7 Å². The zero-order valence-corrected chi connectivity index (χ0v) is 10.1. The van der Waals surface area contributed by atoms with Crippen LogP contribution in [0, 0.1) is 5.41 Å². The van der Waals surface area contributed by atoms with Crippen molar-refractivity contribution in [3.05, 3.63) is 22.4 Å². The molecule has 1 saturated carbocycles. The third kappa shape index (κ3) is 3.30. The molecule has 3 heteroatoms. The maximum Gasteiger partial charge on any atom is 0.0468 e. The summed E-state index contributed by atoms with van der Waals surface area (Å²) in [6.45, 7) is 3.07. The minimum absolute atomic E-state index is 0.563. The molecule has 1 heterocycles. The van der Waals surface area contributed by atoms with Crippen molar-refractivity contribution in [1.82, 2.24) is 5.32 Å². The van der Waals surface area contributed by atoms with Gasteiger partial charge in [-0.2, -0.15) is 0 Å². The van der Waals surface area contributed by atoms with Gasteiger partial charge in [0.2, 0.25) is 0 Å². The van der Waals surface area contributed by atoms with E-state index < -0.39 is 0 Å². The number of thiophene rings is 1. The monoisotopic (exact) mass is 225 g/mol. The molecule has 0 spiro atoms. The molecule has 15 heavy (non-hydrogen) atoms. The second kappa shape index (κ2) is 5.10. The Hall–Kier alpha value is -0.380. The first-order chi connectivity index (χ1) is 7.35. The van der Waals surface area contributed by atoms with Crippen LogP contribution in [0.1, 0.15) is 24.1 Å². The van der Waals surface area contributed by atoms with E-state index in [1.807, 2.05) is 11.3 Å². The molecule has 0 saturated heterocycles. The van der Waals surface area contributed by atoms with Gasteiger partial charge in [-0.15, -0.1) is 11.3 Å². The fraction of sp³-hybridized carbons (Fsp3) is 0.667. The fourth-order valence-electron chi connectivity index (χ4n) is 1.87. The van der Waals surface area contributed by atoms with E-state index in [-0.39, 0.29) is 0 Å². The van der Waals surface area contributed by atoms with Gasteiger partial charge in [-0.25, -0.2) is 0 Å². The quantitative estimate of drug-likeness (QED) is 0.770. The van der Waals surface area contributed by atoms with Gasteiger partial charge in [0, 0.05) is 31.7 Å². The van der Waals surface area contributed by atoms with Gasteiger partial charge in [0.15, 0.2) is 0 Å². The van der Waals surface area contributed by atoms with E-state index in [4.69, 9.17) is 4.74 Å². The lowest BCUT2D eigenvalue weighted by Gasteiger charge is -2.14. The molecule has 2 rings (SSSR count). The van der Waals surface area contributed by atoms with Crippen LogP contribution in [0.25, 0.3) is 0 Å². The predicted molar refractivity (Wildman–Crippen MR) is 64.2 cm³/mol. The van der Waals surface area contributed by atoms with Crippen LogP contribution in [0.2, 0.25) is 0 Å². The minimum atomic E-state index is 0.563. The van der Waals surface area contributed by atoms with Crippen molar-refractivity contribution in [3.63, 3.8) is 0 Å². The van der Waals surface area contributed by atoms with Crippen LogP contribution in [0.15, 0.2) is 17.5 Å². The average Bonchev–Trinajstić information content (AvgIpc) is 2.81. The van der Waals surface area contributed by atoms with Gasteiger partial charge in [-0.3, -0.25) is 0 Å². The zero-order valence-electron chi connectivity index (χ0n) is 9.29. The molecule has 84 valence electrons. The summed E-state index contributed by atoms with van der Waals surface area (Å²) in [6.07, 6.45) is 3.95. The maximum absolute atomic E-state index is 5.14. The molecule has 1 aliphatic rings. The van der Waals surface area contributed by atoms with Crippen LogP contribution < -0.4 is 5.32 Å². The maximum atomic E-state index is 5.14. The smallest absolute Gasteiger partial charge is 0.0468 e. The lowest BCUT2D eigenvalue weighted by Crippen LogP contribution is -2.24. The highest BCUT2D eigenvalue weighted by atomic mass is 32.1. The molecule has 1 fully saturated rings. The van der Waals surface area contributed by atoms with E-state index in [2.05, 4.69) is 22.8 Å². The SMILES string of the molecule is COCCC1(CNCc2cccs2)CC1. The molecule has 0 radical (unpaired) electrons. The third-order valence-corrected chi connectivity index (χ3v) is 4.05. The molecule has 0 aromatic carbocycles. The minimum Gasteiger partial charge on any atom is -0.385 e. The number of ether oxygens (including phenoxy) is 1. The molecular weight excluding hydrogens is 206 g/mol. The number of hydrogen-bond acceptors (Lipinski definition) is 3. The molecule has 0 aliphatic heterocycles. The molecule has 1 aromatic rings. The topological polar surface area (TPSA) is 21.3 Å².